The molecule has 2 aliphatic rings. The summed E-state index contributed by atoms with van der Waals surface area (Å²) in [7, 11) is 0. The van der Waals surface area contributed by atoms with Crippen molar-refractivity contribution < 1.29 is 24.5 Å². The minimum Gasteiger partial charge on any atom is -0.508 e. The van der Waals surface area contributed by atoms with Gasteiger partial charge in [0.05, 0.1) is 29.0 Å². The quantitative estimate of drug-likeness (QED) is 0.409. The average molecular weight is 435 g/mol. The Hall–Kier alpha value is -3.72. The van der Waals surface area contributed by atoms with Crippen LogP contribution in [0.25, 0.3) is 22.3 Å². The van der Waals surface area contributed by atoms with Gasteiger partial charge in [0.25, 0.3) is 5.56 Å². The number of phenolic OH excluding ortho intramolecular Hbond substituents is 1. The molecule has 0 saturated carbocycles. The van der Waals surface area contributed by atoms with E-state index in [4.69, 9.17) is 15.5 Å². The number of nitrogens with two attached hydrogens (primary N) is 1. The molecule has 164 valence electrons. The molecule has 0 bridgehead atoms. The van der Waals surface area contributed by atoms with E-state index in [1.807, 2.05) is 6.07 Å². The number of rotatable bonds is 4. The van der Waals surface area contributed by atoms with Crippen molar-refractivity contribution >= 4 is 22.8 Å². The number of fused-ring (bicyclic) bond motifs is 5. The van der Waals surface area contributed by atoms with Crippen LogP contribution in [-0.4, -0.2) is 31.6 Å². The van der Waals surface area contributed by atoms with E-state index in [2.05, 4.69) is 0 Å². The Labute approximate surface area is 182 Å². The number of benzene rings is 1. The number of aromatic hydroxyl groups is 1. The number of hydrogen-bond donors (Lipinski definition) is 3. The van der Waals surface area contributed by atoms with Crippen LogP contribution in [0.2, 0.25) is 0 Å². The zero-order chi connectivity index (χ0) is 22.8. The predicted octanol–water partition coefficient (Wildman–Crippen LogP) is 1.20. The summed E-state index contributed by atoms with van der Waals surface area (Å²) < 4.78 is 6.63. The van der Waals surface area contributed by atoms with Gasteiger partial charge in [0.2, 0.25) is 5.91 Å². The molecule has 1 atom stereocenters. The fraction of sp³-hybridized carbons (Fsp3) is 0.304. The highest BCUT2D eigenvalue weighted by atomic mass is 16.6. The molecule has 3 aromatic rings. The fourth-order valence-corrected chi connectivity index (χ4v) is 4.61. The third-order valence-electron chi connectivity index (χ3n) is 6.40. The zero-order valence-corrected chi connectivity index (χ0v) is 17.3. The second-order valence-corrected chi connectivity index (χ2v) is 8.20. The molecular weight excluding hydrogens is 414 g/mol. The van der Waals surface area contributed by atoms with Crippen LogP contribution in [0.3, 0.4) is 0 Å². The Morgan fingerprint density at radius 1 is 1.31 bits per heavy atom. The van der Waals surface area contributed by atoms with E-state index >= 15 is 0 Å². The number of carbonyl (C=O) groups is 2. The van der Waals surface area contributed by atoms with E-state index in [1.54, 1.807) is 23.6 Å². The smallest absolute Gasteiger partial charge is 0.343 e. The Morgan fingerprint density at radius 2 is 2.09 bits per heavy atom. The molecule has 9 nitrogen and oxygen atoms in total. The van der Waals surface area contributed by atoms with Crippen molar-refractivity contribution in [3.8, 4) is 17.1 Å². The van der Waals surface area contributed by atoms with Gasteiger partial charge in [-0.15, -0.1) is 0 Å². The Balaban J connectivity index is 1.71. The molecule has 0 aliphatic carbocycles. The number of cyclic esters (lactones) is 1. The first-order valence-corrected chi connectivity index (χ1v) is 10.3. The Bertz CT molecular complexity index is 1390. The molecule has 1 aromatic carbocycles. The lowest BCUT2D eigenvalue weighted by molar-refractivity contribution is -0.172. The van der Waals surface area contributed by atoms with E-state index in [-0.39, 0.29) is 54.8 Å². The lowest BCUT2D eigenvalue weighted by Gasteiger charge is -2.31. The third-order valence-corrected chi connectivity index (χ3v) is 6.40. The van der Waals surface area contributed by atoms with Crippen LogP contribution in [0.4, 0.5) is 0 Å². The summed E-state index contributed by atoms with van der Waals surface area (Å²) in [6, 6.07) is 6.68. The predicted molar refractivity (Wildman–Crippen MR) is 114 cm³/mol. The molecule has 1 amide bonds. The largest absolute Gasteiger partial charge is 0.508 e. The summed E-state index contributed by atoms with van der Waals surface area (Å²) in [5.41, 5.74) is 6.57. The van der Waals surface area contributed by atoms with Crippen LogP contribution in [-0.2, 0) is 39.5 Å². The molecule has 9 heteroatoms. The highest BCUT2D eigenvalue weighted by molar-refractivity contribution is 5.89. The lowest BCUT2D eigenvalue weighted by atomic mass is 9.86. The van der Waals surface area contributed by atoms with Crippen molar-refractivity contribution in [1.29, 1.82) is 0 Å². The number of nitrogens with zero attached hydrogens (tertiary/aromatic N) is 2. The summed E-state index contributed by atoms with van der Waals surface area (Å²) in [5.74, 6) is -1.19. The van der Waals surface area contributed by atoms with Gasteiger partial charge in [0.1, 0.15) is 12.4 Å². The maximum atomic E-state index is 13.2. The van der Waals surface area contributed by atoms with E-state index in [0.717, 1.165) is 5.56 Å². The van der Waals surface area contributed by atoms with Crippen LogP contribution in [0.1, 0.15) is 42.0 Å². The van der Waals surface area contributed by atoms with Gasteiger partial charge < -0.3 is 25.3 Å². The second kappa shape index (κ2) is 6.89. The van der Waals surface area contributed by atoms with Gasteiger partial charge in [-0.2, -0.15) is 0 Å². The standard InChI is InChI=1S/C23H21N3O6/c1-2-23(31)15-8-17-20-11(9-26(17)21(29)14(15)10-32-22(23)30)7-13-12(3-6-19(24)28)18(27)5-4-16(13)25-20/h4-5,7-8,27,31H,2-3,6,9-10H2,1H3,(H2,24,28). The van der Waals surface area contributed by atoms with Crippen molar-refractivity contribution in [2.24, 2.45) is 5.73 Å². The molecule has 1 unspecified atom stereocenters. The monoisotopic (exact) mass is 435 g/mol. The number of pyridine rings is 2. The SMILES string of the molecule is CCC1(O)C(=O)OCc2c1cc1n(c2=O)Cc2cc3c(CCC(N)=O)c(O)ccc3nc2-1. The number of esters is 1. The first-order chi connectivity index (χ1) is 15.2. The highest BCUT2D eigenvalue weighted by Crippen LogP contribution is 2.39. The van der Waals surface area contributed by atoms with Crippen molar-refractivity contribution in [3.05, 3.63) is 56.9 Å². The maximum absolute atomic E-state index is 13.2. The fourth-order valence-electron chi connectivity index (χ4n) is 4.61. The maximum Gasteiger partial charge on any atom is 0.343 e. The lowest BCUT2D eigenvalue weighted by Crippen LogP contribution is -2.44. The number of aromatic nitrogens is 2. The molecule has 4 heterocycles. The van der Waals surface area contributed by atoms with Gasteiger partial charge in [-0.3, -0.25) is 9.59 Å². The molecule has 2 aromatic heterocycles. The van der Waals surface area contributed by atoms with Crippen molar-refractivity contribution in [3.63, 3.8) is 0 Å². The van der Waals surface area contributed by atoms with E-state index in [9.17, 15) is 24.6 Å². The number of primary amides is 1. The molecule has 0 saturated heterocycles. The summed E-state index contributed by atoms with van der Waals surface area (Å²) in [6.45, 7) is 1.72. The van der Waals surface area contributed by atoms with Crippen molar-refractivity contribution in [2.75, 3.05) is 0 Å². The van der Waals surface area contributed by atoms with Crippen molar-refractivity contribution in [1.82, 2.24) is 9.55 Å². The Kier molecular flexibility index (Phi) is 4.35. The van der Waals surface area contributed by atoms with Crippen LogP contribution in [0, 0.1) is 0 Å². The third kappa shape index (κ3) is 2.74. The van der Waals surface area contributed by atoms with Gasteiger partial charge in [0, 0.05) is 28.5 Å². The summed E-state index contributed by atoms with van der Waals surface area (Å²) in [4.78, 5) is 41.5. The molecule has 4 N–H and O–H groups in total. The van der Waals surface area contributed by atoms with Crippen LogP contribution in [0.5, 0.6) is 5.75 Å². The van der Waals surface area contributed by atoms with Crippen LogP contribution >= 0.6 is 0 Å². The second-order valence-electron chi connectivity index (χ2n) is 8.20. The molecule has 5 rings (SSSR count). The van der Waals surface area contributed by atoms with E-state index < -0.39 is 17.5 Å². The summed E-state index contributed by atoms with van der Waals surface area (Å²) in [6.07, 6.45) is 0.422. The molecule has 32 heavy (non-hydrogen) atoms. The van der Waals surface area contributed by atoms with Gasteiger partial charge in [-0.05, 0) is 37.1 Å². The number of phenols is 1. The molecule has 0 radical (unpaired) electrons. The van der Waals surface area contributed by atoms with E-state index in [0.29, 0.717) is 27.9 Å². The molecule has 2 aliphatic heterocycles. The molecule has 0 spiro atoms. The molecular formula is C23H21N3O6. The minimum atomic E-state index is -1.88. The van der Waals surface area contributed by atoms with E-state index in [1.165, 1.54) is 6.07 Å². The normalized spacial score (nSPS) is 18.8. The number of carbonyl (C=O) groups excluding carboxylic acids is 2. The first-order valence-electron chi connectivity index (χ1n) is 10.3. The van der Waals surface area contributed by atoms with Gasteiger partial charge in [-0.25, -0.2) is 9.78 Å². The highest BCUT2D eigenvalue weighted by Gasteiger charge is 2.45. The van der Waals surface area contributed by atoms with Crippen molar-refractivity contribution in [2.45, 2.75) is 44.9 Å². The number of aryl methyl sites for hydroxylation is 1. The number of aliphatic hydroxyl groups is 1. The number of amides is 1. The Morgan fingerprint density at radius 3 is 2.81 bits per heavy atom. The number of ether oxygens (including phenoxy) is 1. The van der Waals surface area contributed by atoms with Crippen LogP contribution < -0.4 is 11.3 Å². The first kappa shape index (κ1) is 20.2. The average Bonchev–Trinajstić information content (AvgIpc) is 3.12. The molecule has 0 fully saturated rings. The summed E-state index contributed by atoms with van der Waals surface area (Å²) >= 11 is 0. The number of hydrogen-bond acceptors (Lipinski definition) is 7. The van der Waals surface area contributed by atoms with Gasteiger partial charge in [0.15, 0.2) is 5.60 Å². The topological polar surface area (TPSA) is 145 Å². The van der Waals surface area contributed by atoms with Gasteiger partial charge in [-0.1, -0.05) is 6.92 Å². The zero-order valence-electron chi connectivity index (χ0n) is 17.3. The van der Waals surface area contributed by atoms with Crippen LogP contribution in [0.15, 0.2) is 29.1 Å². The summed E-state index contributed by atoms with van der Waals surface area (Å²) in [5, 5.41) is 22.0. The van der Waals surface area contributed by atoms with Gasteiger partial charge >= 0.3 is 5.97 Å². The minimum absolute atomic E-state index is 0.0484.